The zero-order chi connectivity index (χ0) is 15.8. The summed E-state index contributed by atoms with van der Waals surface area (Å²) in [7, 11) is -1.17. The van der Waals surface area contributed by atoms with Crippen LogP contribution < -0.4 is 0 Å². The minimum atomic E-state index is -3.82. The highest BCUT2D eigenvalue weighted by molar-refractivity contribution is 7.89. The molecule has 1 atom stereocenters. The van der Waals surface area contributed by atoms with Gasteiger partial charge in [0.25, 0.3) is 0 Å². The van der Waals surface area contributed by atoms with E-state index in [0.29, 0.717) is 0 Å². The van der Waals surface area contributed by atoms with E-state index in [4.69, 9.17) is 0 Å². The van der Waals surface area contributed by atoms with E-state index < -0.39 is 21.5 Å². The number of hydrogen-bond acceptors (Lipinski definition) is 6. The summed E-state index contributed by atoms with van der Waals surface area (Å²) in [4.78, 5) is 11.7. The van der Waals surface area contributed by atoms with Gasteiger partial charge < -0.3 is 4.74 Å². The summed E-state index contributed by atoms with van der Waals surface area (Å²) >= 11 is 1.01. The third-order valence-electron chi connectivity index (χ3n) is 3.87. The SMILES string of the molecule is COC(=O)c1cc(S(=O)(=O)N(C)[C@@](C)(C#N)C2CC2)cs1. The van der Waals surface area contributed by atoms with E-state index in [1.165, 1.54) is 25.6 Å². The van der Waals surface area contributed by atoms with Crippen LogP contribution in [0.2, 0.25) is 0 Å². The summed E-state index contributed by atoms with van der Waals surface area (Å²) in [5, 5.41) is 10.8. The Labute approximate surface area is 128 Å². The van der Waals surface area contributed by atoms with Crippen LogP contribution in [0.25, 0.3) is 0 Å². The molecule has 0 amide bonds. The van der Waals surface area contributed by atoms with Crippen molar-refractivity contribution in [2.24, 2.45) is 5.92 Å². The van der Waals surface area contributed by atoms with Gasteiger partial charge in [-0.15, -0.1) is 11.3 Å². The van der Waals surface area contributed by atoms with E-state index in [-0.39, 0.29) is 15.7 Å². The summed E-state index contributed by atoms with van der Waals surface area (Å²) in [6.45, 7) is 1.63. The van der Waals surface area contributed by atoms with E-state index in [1.807, 2.05) is 0 Å². The van der Waals surface area contributed by atoms with Crippen LogP contribution in [0.3, 0.4) is 0 Å². The number of esters is 1. The van der Waals surface area contributed by atoms with Gasteiger partial charge >= 0.3 is 5.97 Å². The van der Waals surface area contributed by atoms with Gasteiger partial charge in [0.15, 0.2) is 0 Å². The quantitative estimate of drug-likeness (QED) is 0.770. The molecular formula is C13H16N2O4S2. The predicted molar refractivity (Wildman–Crippen MR) is 77.3 cm³/mol. The number of methoxy groups -OCH3 is 1. The number of hydrogen-bond donors (Lipinski definition) is 0. The molecule has 1 saturated carbocycles. The third kappa shape index (κ3) is 2.69. The molecule has 1 aromatic heterocycles. The number of thiophene rings is 1. The maximum atomic E-state index is 12.6. The average Bonchev–Trinajstić information content (AvgIpc) is 3.21. The largest absolute Gasteiger partial charge is 0.465 e. The number of carbonyl (C=O) groups excluding carboxylic acids is 1. The van der Waals surface area contributed by atoms with Crippen LogP contribution in [0.15, 0.2) is 16.3 Å². The van der Waals surface area contributed by atoms with Crippen LogP contribution >= 0.6 is 11.3 Å². The molecule has 1 heterocycles. The van der Waals surface area contributed by atoms with Gasteiger partial charge in [0, 0.05) is 12.4 Å². The molecule has 6 nitrogen and oxygen atoms in total. The Morgan fingerprint density at radius 1 is 1.57 bits per heavy atom. The van der Waals surface area contributed by atoms with Crippen LogP contribution in [-0.4, -0.2) is 38.4 Å². The van der Waals surface area contributed by atoms with Crippen molar-refractivity contribution in [2.45, 2.75) is 30.2 Å². The lowest BCUT2D eigenvalue weighted by Gasteiger charge is -2.31. The molecule has 0 saturated heterocycles. The molecule has 1 aliphatic rings. The van der Waals surface area contributed by atoms with Crippen molar-refractivity contribution >= 4 is 27.3 Å². The first-order valence-corrected chi connectivity index (χ1v) is 8.66. The van der Waals surface area contributed by atoms with E-state index in [1.54, 1.807) is 6.92 Å². The molecule has 1 aromatic rings. The van der Waals surface area contributed by atoms with Crippen molar-refractivity contribution in [3.63, 3.8) is 0 Å². The third-order valence-corrected chi connectivity index (χ3v) is 6.86. The molecule has 0 radical (unpaired) electrons. The lowest BCUT2D eigenvalue weighted by molar-refractivity contribution is 0.0606. The minimum Gasteiger partial charge on any atom is -0.465 e. The van der Waals surface area contributed by atoms with Crippen LogP contribution in [-0.2, 0) is 14.8 Å². The molecule has 0 N–H and O–H groups in total. The molecule has 0 spiro atoms. The molecule has 0 bridgehead atoms. The predicted octanol–water partition coefficient (Wildman–Crippen LogP) is 1.85. The topological polar surface area (TPSA) is 87.5 Å². The smallest absolute Gasteiger partial charge is 0.348 e. The second-order valence-corrected chi connectivity index (χ2v) is 8.02. The molecule has 1 fully saturated rings. The van der Waals surface area contributed by atoms with Crippen molar-refractivity contribution in [3.05, 3.63) is 16.3 Å². The lowest BCUT2D eigenvalue weighted by atomic mass is 9.99. The maximum Gasteiger partial charge on any atom is 0.348 e. The van der Waals surface area contributed by atoms with Gasteiger partial charge in [0.2, 0.25) is 10.0 Å². The molecule has 0 aromatic carbocycles. The summed E-state index contributed by atoms with van der Waals surface area (Å²) in [5.74, 6) is -0.518. The Balaban J connectivity index is 2.35. The second kappa shape index (κ2) is 5.40. The number of nitriles is 1. The van der Waals surface area contributed by atoms with Gasteiger partial charge in [0.05, 0.1) is 18.1 Å². The molecule has 1 aliphatic carbocycles. The fourth-order valence-electron chi connectivity index (χ4n) is 2.13. The fourth-order valence-corrected chi connectivity index (χ4v) is 4.80. The molecule has 0 aliphatic heterocycles. The van der Waals surface area contributed by atoms with Crippen LogP contribution in [0.5, 0.6) is 0 Å². The lowest BCUT2D eigenvalue weighted by Crippen LogP contribution is -2.47. The van der Waals surface area contributed by atoms with Crippen molar-refractivity contribution < 1.29 is 17.9 Å². The van der Waals surface area contributed by atoms with E-state index in [2.05, 4.69) is 10.8 Å². The summed E-state index contributed by atoms with van der Waals surface area (Å²) in [6.07, 6.45) is 1.70. The molecule has 114 valence electrons. The standard InChI is InChI=1S/C13H16N2O4S2/c1-13(8-14,9-4-5-9)15(2)21(17,18)10-6-11(20-7-10)12(16)19-3/h6-7,9H,4-5H2,1-3H3/t13-/m0/s1. The number of rotatable bonds is 5. The van der Waals surface area contributed by atoms with Crippen molar-refractivity contribution in [1.29, 1.82) is 5.26 Å². The van der Waals surface area contributed by atoms with Gasteiger partial charge in [-0.3, -0.25) is 0 Å². The maximum absolute atomic E-state index is 12.6. The Morgan fingerprint density at radius 2 is 2.19 bits per heavy atom. The molecule has 8 heteroatoms. The normalized spacial score (nSPS) is 18.0. The average molecular weight is 328 g/mol. The van der Waals surface area contributed by atoms with Crippen molar-refractivity contribution in [2.75, 3.05) is 14.2 Å². The molecule has 0 unspecified atom stereocenters. The Kier molecular flexibility index (Phi) is 4.10. The summed E-state index contributed by atoms with van der Waals surface area (Å²) < 4.78 is 30.9. The Hall–Kier alpha value is -1.43. The van der Waals surface area contributed by atoms with Crippen LogP contribution in [0.1, 0.15) is 29.4 Å². The van der Waals surface area contributed by atoms with Gasteiger partial charge in [-0.2, -0.15) is 9.57 Å². The molecule has 21 heavy (non-hydrogen) atoms. The van der Waals surface area contributed by atoms with Gasteiger partial charge in [-0.05, 0) is 31.7 Å². The van der Waals surface area contributed by atoms with Crippen molar-refractivity contribution in [3.8, 4) is 6.07 Å². The van der Waals surface area contributed by atoms with E-state index >= 15 is 0 Å². The zero-order valence-corrected chi connectivity index (χ0v) is 13.6. The fraction of sp³-hybridized carbons (Fsp3) is 0.538. The number of ether oxygens (including phenoxy) is 1. The van der Waals surface area contributed by atoms with Crippen molar-refractivity contribution in [1.82, 2.24) is 4.31 Å². The van der Waals surface area contributed by atoms with E-state index in [0.717, 1.165) is 28.5 Å². The highest BCUT2D eigenvalue weighted by Gasteiger charge is 2.49. The monoisotopic (exact) mass is 328 g/mol. The van der Waals surface area contributed by atoms with Gasteiger partial charge in [0.1, 0.15) is 10.4 Å². The zero-order valence-electron chi connectivity index (χ0n) is 12.0. The first-order chi connectivity index (χ1) is 9.77. The minimum absolute atomic E-state index is 0.0116. The molecule has 2 rings (SSSR count). The highest BCUT2D eigenvalue weighted by Crippen LogP contribution is 2.44. The number of sulfonamides is 1. The van der Waals surface area contributed by atoms with Crippen LogP contribution in [0.4, 0.5) is 0 Å². The summed E-state index contributed by atoms with van der Waals surface area (Å²) in [6, 6.07) is 3.40. The van der Waals surface area contributed by atoms with Gasteiger partial charge in [-0.25, -0.2) is 13.2 Å². The number of carbonyl (C=O) groups is 1. The first-order valence-electron chi connectivity index (χ1n) is 6.34. The summed E-state index contributed by atoms with van der Waals surface area (Å²) in [5.41, 5.74) is -1.06. The number of nitrogens with zero attached hydrogens (tertiary/aromatic N) is 2. The second-order valence-electron chi connectivity index (χ2n) is 5.14. The van der Waals surface area contributed by atoms with Gasteiger partial charge in [-0.1, -0.05) is 0 Å². The Bertz CT molecular complexity index is 700. The Morgan fingerprint density at radius 3 is 2.67 bits per heavy atom. The first kappa shape index (κ1) is 15.9. The highest BCUT2D eigenvalue weighted by atomic mass is 32.2. The van der Waals surface area contributed by atoms with E-state index in [9.17, 15) is 18.5 Å². The van der Waals surface area contributed by atoms with Crippen LogP contribution in [0, 0.1) is 17.2 Å². The molecular weight excluding hydrogens is 312 g/mol.